The molecule has 102 valence electrons. The van der Waals surface area contributed by atoms with E-state index in [-0.39, 0.29) is 0 Å². The van der Waals surface area contributed by atoms with Crippen LogP contribution in [0, 0.1) is 11.3 Å². The van der Waals surface area contributed by atoms with Gasteiger partial charge in [0.2, 0.25) is 0 Å². The molecule has 2 heterocycles. The van der Waals surface area contributed by atoms with E-state index in [0.29, 0.717) is 23.6 Å². The van der Waals surface area contributed by atoms with Crippen LogP contribution >= 0.6 is 0 Å². The molecule has 6 nitrogen and oxygen atoms in total. The first-order valence-electron chi connectivity index (χ1n) is 6.30. The van der Waals surface area contributed by atoms with Crippen molar-refractivity contribution in [3.63, 3.8) is 0 Å². The van der Waals surface area contributed by atoms with Gasteiger partial charge in [-0.2, -0.15) is 5.26 Å². The fourth-order valence-electron chi connectivity index (χ4n) is 2.22. The highest BCUT2D eigenvalue weighted by Gasteiger charge is 2.21. The molecule has 19 heavy (non-hydrogen) atoms. The lowest BCUT2D eigenvalue weighted by atomic mass is 10.1. The van der Waals surface area contributed by atoms with Gasteiger partial charge in [0.1, 0.15) is 23.5 Å². The molecule has 1 aromatic heterocycles. The molecule has 0 radical (unpaired) electrons. The van der Waals surface area contributed by atoms with Crippen molar-refractivity contribution in [1.82, 2.24) is 15.2 Å². The zero-order chi connectivity index (χ0) is 13.7. The van der Waals surface area contributed by atoms with Crippen LogP contribution < -0.4 is 10.1 Å². The summed E-state index contributed by atoms with van der Waals surface area (Å²) in [7, 11) is 1.50. The molecule has 1 aromatic rings. The number of nitrogens with zero attached hydrogens (tertiary/aromatic N) is 3. The largest absolute Gasteiger partial charge is 0.495 e. The van der Waals surface area contributed by atoms with Gasteiger partial charge in [0.25, 0.3) is 0 Å². The van der Waals surface area contributed by atoms with E-state index >= 15 is 0 Å². The third-order valence-corrected chi connectivity index (χ3v) is 3.23. The van der Waals surface area contributed by atoms with E-state index in [2.05, 4.69) is 21.3 Å². The van der Waals surface area contributed by atoms with Gasteiger partial charge < -0.3 is 15.2 Å². The summed E-state index contributed by atoms with van der Waals surface area (Å²) in [5.41, 5.74) is 0.702. The highest BCUT2D eigenvalue weighted by Crippen LogP contribution is 2.24. The minimum absolute atomic E-state index is 0.313. The molecule has 6 heteroatoms. The number of ether oxygens (including phenoxy) is 1. The SMILES string of the molecule is COc1ccnc(C(O)CN2CCNCC2)c1C#N. The molecule has 0 amide bonds. The van der Waals surface area contributed by atoms with Gasteiger partial charge in [0.05, 0.1) is 12.8 Å². The van der Waals surface area contributed by atoms with E-state index in [9.17, 15) is 10.4 Å². The van der Waals surface area contributed by atoms with Gasteiger partial charge in [-0.25, -0.2) is 0 Å². The van der Waals surface area contributed by atoms with Crippen LogP contribution in [0.25, 0.3) is 0 Å². The number of aromatic nitrogens is 1. The van der Waals surface area contributed by atoms with Crippen molar-refractivity contribution in [3.05, 3.63) is 23.5 Å². The standard InChI is InChI=1S/C13H18N4O2/c1-19-12-2-3-16-13(10(12)8-14)11(18)9-17-6-4-15-5-7-17/h2-3,11,15,18H,4-7,9H2,1H3. The Morgan fingerprint density at radius 2 is 2.32 bits per heavy atom. The summed E-state index contributed by atoms with van der Waals surface area (Å²) in [5, 5.41) is 22.7. The normalized spacial score (nSPS) is 17.7. The van der Waals surface area contributed by atoms with Gasteiger partial charge in [-0.05, 0) is 6.07 Å². The van der Waals surface area contributed by atoms with Crippen molar-refractivity contribution in [2.24, 2.45) is 0 Å². The average Bonchev–Trinajstić information content (AvgIpc) is 2.47. The molecule has 1 unspecified atom stereocenters. The lowest BCUT2D eigenvalue weighted by Gasteiger charge is -2.29. The van der Waals surface area contributed by atoms with Gasteiger partial charge in [-0.3, -0.25) is 9.88 Å². The Bertz CT molecular complexity index is 466. The van der Waals surface area contributed by atoms with Crippen LogP contribution in [0.2, 0.25) is 0 Å². The molecule has 0 saturated carbocycles. The summed E-state index contributed by atoms with van der Waals surface area (Å²) in [6.07, 6.45) is 0.776. The number of nitriles is 1. The fraction of sp³-hybridized carbons (Fsp3) is 0.538. The molecule has 1 atom stereocenters. The number of β-amino-alcohol motifs (C(OH)–C–C–N with tert-alkyl or cyclic N) is 1. The molecule has 0 aliphatic carbocycles. The molecular formula is C13H18N4O2. The van der Waals surface area contributed by atoms with Crippen LogP contribution in [0.5, 0.6) is 5.75 Å². The van der Waals surface area contributed by atoms with Crippen molar-refractivity contribution in [2.45, 2.75) is 6.10 Å². The van der Waals surface area contributed by atoms with Gasteiger partial charge >= 0.3 is 0 Å². The lowest BCUT2D eigenvalue weighted by Crippen LogP contribution is -2.45. The maximum Gasteiger partial charge on any atom is 0.140 e. The van der Waals surface area contributed by atoms with Gasteiger partial charge in [-0.1, -0.05) is 0 Å². The number of hydrogen-bond donors (Lipinski definition) is 2. The van der Waals surface area contributed by atoms with Crippen molar-refractivity contribution in [2.75, 3.05) is 39.8 Å². The average molecular weight is 262 g/mol. The van der Waals surface area contributed by atoms with E-state index in [1.807, 2.05) is 0 Å². The number of hydrogen-bond acceptors (Lipinski definition) is 6. The molecular weight excluding hydrogens is 244 g/mol. The van der Waals surface area contributed by atoms with Gasteiger partial charge in [-0.15, -0.1) is 0 Å². The minimum atomic E-state index is -0.775. The van der Waals surface area contributed by atoms with Crippen molar-refractivity contribution < 1.29 is 9.84 Å². The zero-order valence-electron chi connectivity index (χ0n) is 11.0. The Balaban J connectivity index is 2.14. The minimum Gasteiger partial charge on any atom is -0.495 e. The molecule has 2 N–H and O–H groups in total. The van der Waals surface area contributed by atoms with Crippen molar-refractivity contribution in [3.8, 4) is 11.8 Å². The molecule has 2 rings (SSSR count). The second-order valence-corrected chi connectivity index (χ2v) is 4.45. The quantitative estimate of drug-likeness (QED) is 0.788. The van der Waals surface area contributed by atoms with E-state index in [1.165, 1.54) is 7.11 Å². The fourth-order valence-corrected chi connectivity index (χ4v) is 2.22. The summed E-state index contributed by atoms with van der Waals surface area (Å²) < 4.78 is 5.12. The highest BCUT2D eigenvalue weighted by atomic mass is 16.5. The van der Waals surface area contributed by atoms with E-state index in [0.717, 1.165) is 26.2 Å². The number of aliphatic hydroxyl groups is 1. The maximum absolute atomic E-state index is 10.3. The van der Waals surface area contributed by atoms with E-state index in [1.54, 1.807) is 12.3 Å². The van der Waals surface area contributed by atoms with E-state index < -0.39 is 6.10 Å². The van der Waals surface area contributed by atoms with Crippen LogP contribution in [-0.2, 0) is 0 Å². The molecule has 1 aliphatic rings. The summed E-state index contributed by atoms with van der Waals surface area (Å²) in [4.78, 5) is 6.28. The van der Waals surface area contributed by atoms with Crippen molar-refractivity contribution in [1.29, 1.82) is 5.26 Å². The monoisotopic (exact) mass is 262 g/mol. The third kappa shape index (κ3) is 3.20. The Labute approximate surface area is 112 Å². The van der Waals surface area contributed by atoms with Crippen LogP contribution in [-0.4, -0.2) is 54.8 Å². The van der Waals surface area contributed by atoms with Crippen LogP contribution in [0.4, 0.5) is 0 Å². The van der Waals surface area contributed by atoms with Crippen molar-refractivity contribution >= 4 is 0 Å². The summed E-state index contributed by atoms with van der Waals surface area (Å²) in [6, 6.07) is 3.68. The number of nitrogens with one attached hydrogen (secondary N) is 1. The topological polar surface area (TPSA) is 81.4 Å². The molecule has 0 aromatic carbocycles. The molecule has 0 bridgehead atoms. The van der Waals surface area contributed by atoms with Crippen LogP contribution in [0.15, 0.2) is 12.3 Å². The Morgan fingerprint density at radius 3 is 2.95 bits per heavy atom. The van der Waals surface area contributed by atoms with E-state index in [4.69, 9.17) is 4.74 Å². The first kappa shape index (κ1) is 13.7. The molecule has 1 saturated heterocycles. The number of aliphatic hydroxyl groups excluding tert-OH is 1. The smallest absolute Gasteiger partial charge is 0.140 e. The first-order valence-corrected chi connectivity index (χ1v) is 6.30. The predicted octanol–water partition coefficient (Wildman–Crippen LogP) is -0.0995. The Morgan fingerprint density at radius 1 is 1.58 bits per heavy atom. The first-order chi connectivity index (χ1) is 9.26. The number of methoxy groups -OCH3 is 1. The molecule has 1 aliphatic heterocycles. The summed E-state index contributed by atoms with van der Waals surface area (Å²) >= 11 is 0. The lowest BCUT2D eigenvalue weighted by molar-refractivity contribution is 0.102. The summed E-state index contributed by atoms with van der Waals surface area (Å²) in [5.74, 6) is 0.451. The Hall–Kier alpha value is -1.68. The number of piperazine rings is 1. The van der Waals surface area contributed by atoms with Gasteiger partial charge in [0.15, 0.2) is 0 Å². The summed E-state index contributed by atoms with van der Waals surface area (Å²) in [6.45, 7) is 4.11. The molecule has 1 fully saturated rings. The zero-order valence-corrected chi connectivity index (χ0v) is 11.0. The number of pyridine rings is 1. The van der Waals surface area contributed by atoms with Crippen LogP contribution in [0.1, 0.15) is 17.4 Å². The van der Waals surface area contributed by atoms with Gasteiger partial charge in [0, 0.05) is 38.9 Å². The number of rotatable bonds is 4. The third-order valence-electron chi connectivity index (χ3n) is 3.23. The van der Waals surface area contributed by atoms with Crippen LogP contribution in [0.3, 0.4) is 0 Å². The molecule has 0 spiro atoms. The predicted molar refractivity (Wildman–Crippen MR) is 69.8 cm³/mol. The maximum atomic E-state index is 10.3. The second kappa shape index (κ2) is 6.48. The second-order valence-electron chi connectivity index (χ2n) is 4.45. The highest BCUT2D eigenvalue weighted by molar-refractivity contribution is 5.46. The Kier molecular flexibility index (Phi) is 4.68.